The summed E-state index contributed by atoms with van der Waals surface area (Å²) in [4.78, 5) is 14.7. The van der Waals surface area contributed by atoms with E-state index in [2.05, 4.69) is 169 Å². The summed E-state index contributed by atoms with van der Waals surface area (Å²) in [6.45, 7) is 4.53. The van der Waals surface area contributed by atoms with Crippen LogP contribution in [-0.2, 0) is 0 Å². The second kappa shape index (κ2) is 12.1. The van der Waals surface area contributed by atoms with Gasteiger partial charge in [0.1, 0.15) is 11.6 Å². The zero-order valence-corrected chi connectivity index (χ0v) is 29.1. The van der Waals surface area contributed by atoms with E-state index in [0.29, 0.717) is 0 Å². The van der Waals surface area contributed by atoms with E-state index in [1.807, 2.05) is 24.5 Å². The molecule has 2 heterocycles. The number of aryl methyl sites for hydroxylation is 1. The molecule has 2 unspecified atom stereocenters. The van der Waals surface area contributed by atoms with E-state index < -0.39 is 0 Å². The highest BCUT2D eigenvalue weighted by Crippen LogP contribution is 2.56. The molecule has 3 aliphatic rings. The molecule has 10 rings (SSSR count). The Bertz CT molecular complexity index is 2660. The minimum Gasteiger partial charge on any atom is -0.298 e. The summed E-state index contributed by atoms with van der Waals surface area (Å²) < 4.78 is 0. The Morgan fingerprint density at radius 3 is 1.79 bits per heavy atom. The quantitative estimate of drug-likeness (QED) is 0.177. The topological polar surface area (TPSA) is 32.3 Å². The van der Waals surface area contributed by atoms with Crippen LogP contribution < -0.4 is 9.80 Å². The van der Waals surface area contributed by atoms with Crippen LogP contribution >= 0.6 is 0 Å². The van der Waals surface area contributed by atoms with Gasteiger partial charge in [-0.3, -0.25) is 9.80 Å². The van der Waals surface area contributed by atoms with Crippen LogP contribution in [0.15, 0.2) is 175 Å². The Balaban J connectivity index is 1.20. The molecule has 52 heavy (non-hydrogen) atoms. The molecule has 0 fully saturated rings. The van der Waals surface area contributed by atoms with Gasteiger partial charge in [0.05, 0.1) is 17.1 Å². The van der Waals surface area contributed by atoms with Crippen molar-refractivity contribution in [3.8, 4) is 0 Å². The van der Waals surface area contributed by atoms with Gasteiger partial charge in [-0.25, -0.2) is 9.97 Å². The maximum Gasteiger partial charge on any atom is 0.137 e. The molecule has 2 aromatic heterocycles. The third-order valence-corrected chi connectivity index (χ3v) is 11.0. The van der Waals surface area contributed by atoms with Crippen LogP contribution in [0.2, 0.25) is 0 Å². The van der Waals surface area contributed by atoms with Crippen molar-refractivity contribution in [1.82, 2.24) is 9.97 Å². The van der Waals surface area contributed by atoms with E-state index in [0.717, 1.165) is 28.7 Å². The van der Waals surface area contributed by atoms with E-state index in [1.54, 1.807) is 0 Å². The molecule has 0 radical (unpaired) electrons. The molecule has 0 bridgehead atoms. The molecule has 0 aliphatic heterocycles. The van der Waals surface area contributed by atoms with Crippen molar-refractivity contribution in [2.45, 2.75) is 19.8 Å². The summed E-state index contributed by atoms with van der Waals surface area (Å²) in [6.07, 6.45) is 15.7. The number of benzene rings is 5. The Morgan fingerprint density at radius 2 is 1.13 bits per heavy atom. The minimum absolute atomic E-state index is 0.0892. The highest BCUT2D eigenvalue weighted by molar-refractivity contribution is 6.01. The molecule has 0 saturated carbocycles. The second-order valence-electron chi connectivity index (χ2n) is 13.9. The summed E-state index contributed by atoms with van der Waals surface area (Å²) in [5.74, 6) is 2.03. The first-order valence-electron chi connectivity index (χ1n) is 18.0. The van der Waals surface area contributed by atoms with Gasteiger partial charge in [-0.2, -0.15) is 0 Å². The molecular weight excluding hydrogens is 633 g/mol. The number of fused-ring (bicyclic) bond motifs is 2. The van der Waals surface area contributed by atoms with Crippen molar-refractivity contribution in [2.24, 2.45) is 5.92 Å². The van der Waals surface area contributed by atoms with Gasteiger partial charge in [0.15, 0.2) is 0 Å². The first-order chi connectivity index (χ1) is 25.7. The molecule has 7 aromatic rings. The first-order valence-corrected chi connectivity index (χ1v) is 18.0. The van der Waals surface area contributed by atoms with E-state index in [1.165, 1.54) is 60.6 Å². The van der Waals surface area contributed by atoms with Crippen molar-refractivity contribution in [3.63, 3.8) is 0 Å². The lowest BCUT2D eigenvalue weighted by molar-refractivity contribution is 0.611. The van der Waals surface area contributed by atoms with Gasteiger partial charge < -0.3 is 0 Å². The zero-order valence-electron chi connectivity index (χ0n) is 29.1. The lowest BCUT2D eigenvalue weighted by Crippen LogP contribution is -2.33. The lowest BCUT2D eigenvalue weighted by Gasteiger charge is -2.44. The first kappa shape index (κ1) is 30.3. The SMILES string of the molecule is CC1=C2C=Cc3c(N(c4ccccn4)c4cccc5ccccc45)cc(C)c4c3C2C(C=C4)C(N(c2ccccn2)c2cccc3ccccc23)=C1. The van der Waals surface area contributed by atoms with Crippen molar-refractivity contribution in [3.05, 3.63) is 197 Å². The number of aromatic nitrogens is 2. The Labute approximate surface area is 304 Å². The van der Waals surface area contributed by atoms with Crippen molar-refractivity contribution >= 4 is 62.4 Å². The number of hydrogen-bond acceptors (Lipinski definition) is 4. The van der Waals surface area contributed by atoms with E-state index in [-0.39, 0.29) is 11.8 Å². The fourth-order valence-corrected chi connectivity index (χ4v) is 8.70. The highest BCUT2D eigenvalue weighted by Gasteiger charge is 2.41. The summed E-state index contributed by atoms with van der Waals surface area (Å²) >= 11 is 0. The monoisotopic (exact) mass is 668 g/mol. The summed E-state index contributed by atoms with van der Waals surface area (Å²) in [5, 5.41) is 4.80. The molecule has 5 aromatic carbocycles. The van der Waals surface area contributed by atoms with E-state index >= 15 is 0 Å². The van der Waals surface area contributed by atoms with Gasteiger partial charge in [0, 0.05) is 46.3 Å². The van der Waals surface area contributed by atoms with Crippen LogP contribution in [-0.4, -0.2) is 9.97 Å². The molecule has 0 spiro atoms. The number of rotatable bonds is 6. The highest BCUT2D eigenvalue weighted by atomic mass is 15.2. The Kier molecular flexibility index (Phi) is 7.03. The largest absolute Gasteiger partial charge is 0.298 e. The second-order valence-corrected chi connectivity index (χ2v) is 13.9. The van der Waals surface area contributed by atoms with Gasteiger partial charge in [-0.05, 0) is 101 Å². The standard InChI is InChI=1S/C48H36N4/c1-31-29-43(51(45-21-7-9-27-49-45)41-19-11-15-33-13-3-5-17-37(33)41)39-26-24-36-32(2)30-44(40-25-23-35(31)47(39)48(36)40)52(46-22-8-10-28-50-46)42-20-12-16-34-14-4-6-18-38(34)42/h3-30,39,47H,1-2H3. The van der Waals surface area contributed by atoms with E-state index in [9.17, 15) is 0 Å². The molecule has 0 saturated heterocycles. The fraction of sp³-hybridized carbons (Fsp3) is 0.0833. The average Bonchev–Trinajstić information content (AvgIpc) is 3.20. The smallest absolute Gasteiger partial charge is 0.137 e. The third-order valence-electron chi connectivity index (χ3n) is 11.0. The van der Waals surface area contributed by atoms with E-state index in [4.69, 9.17) is 9.97 Å². The molecule has 248 valence electrons. The number of allylic oxidation sites excluding steroid dienone is 5. The van der Waals surface area contributed by atoms with Crippen LogP contribution in [0.3, 0.4) is 0 Å². The van der Waals surface area contributed by atoms with Gasteiger partial charge in [-0.1, -0.05) is 109 Å². The average molecular weight is 669 g/mol. The summed E-state index contributed by atoms with van der Waals surface area (Å²) in [5.41, 5.74) is 12.4. The third kappa shape index (κ3) is 4.68. The van der Waals surface area contributed by atoms with Crippen molar-refractivity contribution < 1.29 is 0 Å². The predicted molar refractivity (Wildman–Crippen MR) is 217 cm³/mol. The van der Waals surface area contributed by atoms with Crippen molar-refractivity contribution in [1.29, 1.82) is 0 Å². The molecule has 3 aliphatic carbocycles. The van der Waals surface area contributed by atoms with Gasteiger partial charge in [0.25, 0.3) is 0 Å². The molecule has 2 atom stereocenters. The zero-order chi connectivity index (χ0) is 34.8. The Hall–Kier alpha value is -6.52. The number of pyridine rings is 2. The predicted octanol–water partition coefficient (Wildman–Crippen LogP) is 12.4. The maximum absolute atomic E-state index is 4.96. The maximum atomic E-state index is 4.96. The number of nitrogens with zero attached hydrogens (tertiary/aromatic N) is 4. The van der Waals surface area contributed by atoms with Crippen molar-refractivity contribution in [2.75, 3.05) is 9.80 Å². The Morgan fingerprint density at radius 1 is 0.538 bits per heavy atom. The minimum atomic E-state index is 0.0892. The van der Waals surface area contributed by atoms with Crippen LogP contribution in [0.25, 0.3) is 33.7 Å². The summed E-state index contributed by atoms with van der Waals surface area (Å²) in [6, 6.07) is 45.2. The normalized spacial score (nSPS) is 16.9. The van der Waals surface area contributed by atoms with Gasteiger partial charge in [0.2, 0.25) is 0 Å². The molecule has 4 heteroatoms. The van der Waals surface area contributed by atoms with Crippen LogP contribution in [0.4, 0.5) is 28.7 Å². The summed E-state index contributed by atoms with van der Waals surface area (Å²) in [7, 11) is 0. The number of hydrogen-bond donors (Lipinski definition) is 0. The molecular formula is C48H36N4. The van der Waals surface area contributed by atoms with Crippen LogP contribution in [0.5, 0.6) is 0 Å². The molecule has 4 nitrogen and oxygen atoms in total. The van der Waals surface area contributed by atoms with Gasteiger partial charge >= 0.3 is 0 Å². The number of anilines is 5. The van der Waals surface area contributed by atoms with Gasteiger partial charge in [-0.15, -0.1) is 0 Å². The van der Waals surface area contributed by atoms with Crippen LogP contribution in [0.1, 0.15) is 35.1 Å². The molecule has 0 N–H and O–H groups in total. The lowest BCUT2D eigenvalue weighted by atomic mass is 9.65. The molecule has 0 amide bonds. The van der Waals surface area contributed by atoms with Crippen LogP contribution in [0, 0.1) is 12.8 Å². The fourth-order valence-electron chi connectivity index (χ4n) is 8.70.